The van der Waals surface area contributed by atoms with Crippen LogP contribution in [-0.2, 0) is 22.7 Å². The summed E-state index contributed by atoms with van der Waals surface area (Å²) in [6.45, 7) is -0.827. The quantitative estimate of drug-likeness (QED) is 0.346. The van der Waals surface area contributed by atoms with Gasteiger partial charge in [-0.2, -0.15) is 8.70 Å². The smallest absolute Gasteiger partial charge is 0.390 e. The fraction of sp³-hybridized carbons (Fsp3) is 0.556. The number of aliphatic hydroxyl groups is 1. The third-order valence-corrected chi connectivity index (χ3v) is 5.20. The zero-order valence-electron chi connectivity index (χ0n) is 12.1. The summed E-state index contributed by atoms with van der Waals surface area (Å²) in [5, 5.41) is 9.81. The molecule has 1 fully saturated rings. The third-order valence-electron chi connectivity index (χ3n) is 3.05. The highest BCUT2D eigenvalue weighted by molar-refractivity contribution is 7.60. The fourth-order valence-corrected chi connectivity index (χ4v) is 3.64. The van der Waals surface area contributed by atoms with Crippen molar-refractivity contribution in [3.63, 3.8) is 0 Å². The van der Waals surface area contributed by atoms with Crippen LogP contribution in [0.5, 0.6) is 0 Å². The first-order valence-corrected chi connectivity index (χ1v) is 9.49. The summed E-state index contributed by atoms with van der Waals surface area (Å²) in [5.41, 5.74) is -2.25. The number of halogens is 1. The van der Waals surface area contributed by atoms with Gasteiger partial charge in [-0.1, -0.05) is 0 Å². The monoisotopic (exact) mass is 406 g/mol. The first-order valence-electron chi connectivity index (χ1n) is 6.47. The van der Waals surface area contributed by atoms with Gasteiger partial charge in [0, 0.05) is 6.42 Å². The molecule has 0 bridgehead atoms. The molecule has 13 nitrogen and oxygen atoms in total. The van der Waals surface area contributed by atoms with E-state index in [4.69, 9.17) is 19.4 Å². The Morgan fingerprint density at radius 3 is 2.60 bits per heavy atom. The van der Waals surface area contributed by atoms with Crippen molar-refractivity contribution in [1.29, 1.82) is 0 Å². The summed E-state index contributed by atoms with van der Waals surface area (Å²) in [4.78, 5) is 50.3. The van der Waals surface area contributed by atoms with E-state index in [1.807, 2.05) is 0 Å². The Bertz CT molecular complexity index is 847. The van der Waals surface area contributed by atoms with Crippen molar-refractivity contribution in [1.82, 2.24) is 9.55 Å². The van der Waals surface area contributed by atoms with E-state index in [-0.39, 0.29) is 6.42 Å². The Kier molecular flexibility index (Phi) is 5.78. The average Bonchev–Trinajstić information content (AvgIpc) is 2.79. The van der Waals surface area contributed by atoms with E-state index < -0.39 is 57.8 Å². The number of phosphoric acid groups is 2. The summed E-state index contributed by atoms with van der Waals surface area (Å²) in [5.74, 6) is -1.27. The number of aromatic nitrogens is 2. The molecule has 0 aromatic carbocycles. The van der Waals surface area contributed by atoms with Crippen LogP contribution in [0.4, 0.5) is 4.39 Å². The molecular formula is C9H13FN2O11P2. The number of H-pyrrole nitrogens is 1. The lowest BCUT2D eigenvalue weighted by molar-refractivity contribution is -0.0453. The van der Waals surface area contributed by atoms with Gasteiger partial charge < -0.3 is 24.5 Å². The highest BCUT2D eigenvalue weighted by atomic mass is 31.3. The second-order valence-electron chi connectivity index (χ2n) is 4.91. The minimum atomic E-state index is -5.30. The normalized spacial score (nSPS) is 26.5. The van der Waals surface area contributed by atoms with E-state index in [2.05, 4.69) is 8.83 Å². The van der Waals surface area contributed by atoms with Crippen molar-refractivity contribution in [3.8, 4) is 0 Å². The van der Waals surface area contributed by atoms with Crippen LogP contribution in [0.3, 0.4) is 0 Å². The molecule has 1 aliphatic heterocycles. The fourth-order valence-electron chi connectivity index (χ4n) is 2.04. The lowest BCUT2D eigenvalue weighted by atomic mass is 10.2. The van der Waals surface area contributed by atoms with Gasteiger partial charge in [0.15, 0.2) is 0 Å². The third kappa shape index (κ3) is 5.38. The molecule has 142 valence electrons. The van der Waals surface area contributed by atoms with Gasteiger partial charge in [0.05, 0.1) is 18.9 Å². The topological polar surface area (TPSA) is 198 Å². The molecule has 1 aromatic heterocycles. The maximum Gasteiger partial charge on any atom is 0.481 e. The van der Waals surface area contributed by atoms with Gasteiger partial charge in [-0.05, 0) is 0 Å². The van der Waals surface area contributed by atoms with Crippen molar-refractivity contribution < 1.29 is 46.9 Å². The van der Waals surface area contributed by atoms with Crippen molar-refractivity contribution in [3.05, 3.63) is 32.9 Å². The van der Waals surface area contributed by atoms with Crippen molar-refractivity contribution in [2.24, 2.45) is 0 Å². The Morgan fingerprint density at radius 1 is 1.36 bits per heavy atom. The molecule has 0 saturated carbocycles. The SMILES string of the molecule is O=c1[nH]c(=O)n(C2CC(O)C(COP(=O)(O)OP(=O)(O)O)O2)cc1F. The van der Waals surface area contributed by atoms with E-state index in [9.17, 15) is 28.2 Å². The van der Waals surface area contributed by atoms with Gasteiger partial charge in [-0.25, -0.2) is 13.9 Å². The number of ether oxygens (including phenoxy) is 1. The second-order valence-corrected chi connectivity index (χ2v) is 7.74. The summed E-state index contributed by atoms with van der Waals surface area (Å²) < 4.78 is 48.8. The Balaban J connectivity index is 2.06. The predicted octanol–water partition coefficient (Wildman–Crippen LogP) is -1.45. The first kappa shape index (κ1) is 20.1. The summed E-state index contributed by atoms with van der Waals surface area (Å²) in [6.07, 6.45) is -3.54. The van der Waals surface area contributed by atoms with Crippen LogP contribution in [0.25, 0.3) is 0 Å². The molecule has 1 aromatic rings. The molecule has 4 unspecified atom stereocenters. The first-order chi connectivity index (χ1) is 11.4. The molecule has 0 radical (unpaired) electrons. The zero-order chi connectivity index (χ0) is 19.0. The highest BCUT2D eigenvalue weighted by Gasteiger charge is 2.39. The van der Waals surface area contributed by atoms with E-state index >= 15 is 0 Å². The molecule has 16 heteroatoms. The van der Waals surface area contributed by atoms with E-state index in [0.717, 1.165) is 0 Å². The standard InChI is InChI=1S/C9H13FN2O11P2/c10-4-2-12(9(15)11-8(4)14)7-1-5(13)6(22-7)3-21-25(19,20)23-24(16,17)18/h2,5-7,13H,1,3H2,(H,19,20)(H,11,14,15)(H2,16,17,18). The Hall–Kier alpha value is -1.21. The summed E-state index contributed by atoms with van der Waals surface area (Å²) in [6, 6.07) is 0. The lowest BCUT2D eigenvalue weighted by Crippen LogP contribution is -2.34. The summed E-state index contributed by atoms with van der Waals surface area (Å²) >= 11 is 0. The van der Waals surface area contributed by atoms with Crippen LogP contribution in [0.15, 0.2) is 15.8 Å². The maximum atomic E-state index is 13.3. The molecular weight excluding hydrogens is 393 g/mol. The van der Waals surface area contributed by atoms with Gasteiger partial charge >= 0.3 is 21.3 Å². The molecule has 0 spiro atoms. The summed E-state index contributed by atoms with van der Waals surface area (Å²) in [7, 11) is -10.4. The van der Waals surface area contributed by atoms with Crippen molar-refractivity contribution in [2.75, 3.05) is 6.61 Å². The van der Waals surface area contributed by atoms with Gasteiger partial charge in [-0.3, -0.25) is 18.9 Å². The van der Waals surface area contributed by atoms with Gasteiger partial charge in [0.25, 0.3) is 5.56 Å². The van der Waals surface area contributed by atoms with Crippen LogP contribution in [0.2, 0.25) is 0 Å². The number of aliphatic hydroxyl groups excluding tert-OH is 1. The molecule has 2 rings (SSSR count). The molecule has 1 aliphatic rings. The Labute approximate surface area is 137 Å². The zero-order valence-corrected chi connectivity index (χ0v) is 13.9. The molecule has 5 N–H and O–H groups in total. The van der Waals surface area contributed by atoms with Crippen LogP contribution in [0.1, 0.15) is 12.6 Å². The van der Waals surface area contributed by atoms with E-state index in [1.54, 1.807) is 4.98 Å². The number of phosphoric ester groups is 1. The van der Waals surface area contributed by atoms with E-state index in [1.165, 1.54) is 0 Å². The molecule has 0 amide bonds. The number of hydrogen-bond acceptors (Lipinski definition) is 8. The molecule has 0 aliphatic carbocycles. The van der Waals surface area contributed by atoms with Gasteiger partial charge in [0.1, 0.15) is 12.3 Å². The molecule has 2 heterocycles. The largest absolute Gasteiger partial charge is 0.481 e. The Morgan fingerprint density at radius 2 is 2.00 bits per heavy atom. The highest BCUT2D eigenvalue weighted by Crippen LogP contribution is 2.57. The number of nitrogens with zero attached hydrogens (tertiary/aromatic N) is 1. The molecule has 1 saturated heterocycles. The van der Waals surface area contributed by atoms with Crippen molar-refractivity contribution in [2.45, 2.75) is 24.9 Å². The average molecular weight is 406 g/mol. The number of hydrogen-bond donors (Lipinski definition) is 5. The van der Waals surface area contributed by atoms with Crippen LogP contribution < -0.4 is 11.2 Å². The van der Waals surface area contributed by atoms with Gasteiger partial charge in [-0.15, -0.1) is 0 Å². The maximum absolute atomic E-state index is 13.3. The van der Waals surface area contributed by atoms with E-state index in [0.29, 0.717) is 10.8 Å². The van der Waals surface area contributed by atoms with Crippen LogP contribution in [-0.4, -0.2) is 48.2 Å². The molecule has 25 heavy (non-hydrogen) atoms. The predicted molar refractivity (Wildman–Crippen MR) is 74.7 cm³/mol. The number of rotatable bonds is 6. The molecule has 4 atom stereocenters. The lowest BCUT2D eigenvalue weighted by Gasteiger charge is -2.18. The minimum Gasteiger partial charge on any atom is -0.390 e. The number of aromatic amines is 1. The minimum absolute atomic E-state index is 0.255. The van der Waals surface area contributed by atoms with Gasteiger partial charge in [0.2, 0.25) is 5.82 Å². The van der Waals surface area contributed by atoms with Crippen LogP contribution in [0, 0.1) is 5.82 Å². The van der Waals surface area contributed by atoms with Crippen LogP contribution >= 0.6 is 15.6 Å². The van der Waals surface area contributed by atoms with Crippen molar-refractivity contribution >= 4 is 15.6 Å². The second kappa shape index (κ2) is 7.19. The number of nitrogens with one attached hydrogen (secondary N) is 1.